The third-order valence-corrected chi connectivity index (χ3v) is 5.81. The predicted octanol–water partition coefficient (Wildman–Crippen LogP) is 0.729. The van der Waals surface area contributed by atoms with Crippen LogP contribution in [-0.4, -0.2) is 45.2 Å². The maximum Gasteiger partial charge on any atom is 0.123 e. The lowest BCUT2D eigenvalue weighted by Gasteiger charge is -2.60. The lowest BCUT2D eigenvalue weighted by Crippen LogP contribution is -2.71. The summed E-state index contributed by atoms with van der Waals surface area (Å²) >= 11 is 0. The topological polar surface area (TPSA) is 42.5 Å². The molecular formula is C14H24N2O2. The van der Waals surface area contributed by atoms with Crippen LogP contribution in [0.25, 0.3) is 0 Å². The third kappa shape index (κ3) is 1.52. The highest BCUT2D eigenvalue weighted by Gasteiger charge is 2.57. The highest BCUT2D eigenvalue weighted by Crippen LogP contribution is 2.50. The molecule has 102 valence electrons. The van der Waals surface area contributed by atoms with Crippen LogP contribution >= 0.6 is 0 Å². The lowest BCUT2D eigenvalue weighted by atomic mass is 9.58. The van der Waals surface area contributed by atoms with E-state index in [1.165, 1.54) is 38.8 Å². The minimum atomic E-state index is 0.00616. The van der Waals surface area contributed by atoms with Crippen molar-refractivity contribution >= 4 is 0 Å². The van der Waals surface area contributed by atoms with Crippen molar-refractivity contribution in [3.63, 3.8) is 0 Å². The number of hydrogen-bond acceptors (Lipinski definition) is 4. The SMILES string of the molecule is C1COC2(CCN2)C(C2COCCC23CNC3)C1. The van der Waals surface area contributed by atoms with Gasteiger partial charge in [-0.3, -0.25) is 5.32 Å². The van der Waals surface area contributed by atoms with E-state index in [9.17, 15) is 0 Å². The van der Waals surface area contributed by atoms with Gasteiger partial charge in [-0.1, -0.05) is 0 Å². The third-order valence-electron chi connectivity index (χ3n) is 5.81. The molecule has 4 aliphatic heterocycles. The Balaban J connectivity index is 1.59. The van der Waals surface area contributed by atoms with Crippen molar-refractivity contribution < 1.29 is 9.47 Å². The Morgan fingerprint density at radius 1 is 1.06 bits per heavy atom. The zero-order valence-electron chi connectivity index (χ0n) is 11.0. The number of ether oxygens (including phenoxy) is 2. The van der Waals surface area contributed by atoms with Gasteiger partial charge in [0.05, 0.1) is 6.61 Å². The van der Waals surface area contributed by atoms with E-state index >= 15 is 0 Å². The second-order valence-electron chi connectivity index (χ2n) is 6.56. The van der Waals surface area contributed by atoms with E-state index in [1.807, 2.05) is 0 Å². The maximum absolute atomic E-state index is 6.14. The average molecular weight is 252 g/mol. The van der Waals surface area contributed by atoms with Crippen LogP contribution in [0.4, 0.5) is 0 Å². The van der Waals surface area contributed by atoms with Crippen LogP contribution in [-0.2, 0) is 9.47 Å². The molecular weight excluding hydrogens is 228 g/mol. The molecule has 2 N–H and O–H groups in total. The van der Waals surface area contributed by atoms with Crippen LogP contribution in [0.15, 0.2) is 0 Å². The van der Waals surface area contributed by atoms with Gasteiger partial charge in [0.1, 0.15) is 5.72 Å². The molecule has 0 radical (unpaired) electrons. The van der Waals surface area contributed by atoms with Crippen molar-refractivity contribution in [2.24, 2.45) is 17.3 Å². The Bertz CT molecular complexity index is 294. The first-order chi connectivity index (χ1) is 8.85. The molecule has 3 unspecified atom stereocenters. The minimum Gasteiger partial charge on any atom is -0.381 e. The predicted molar refractivity (Wildman–Crippen MR) is 68.3 cm³/mol. The summed E-state index contributed by atoms with van der Waals surface area (Å²) in [6, 6.07) is 0. The van der Waals surface area contributed by atoms with E-state index in [0.717, 1.165) is 26.4 Å². The average Bonchev–Trinajstić information content (AvgIpc) is 2.35. The molecule has 4 heterocycles. The normalized spacial score (nSPS) is 46.7. The molecule has 0 aromatic heterocycles. The minimum absolute atomic E-state index is 0.00616. The molecule has 0 aromatic carbocycles. The second-order valence-corrected chi connectivity index (χ2v) is 6.56. The molecule has 4 fully saturated rings. The Morgan fingerprint density at radius 3 is 2.61 bits per heavy atom. The van der Waals surface area contributed by atoms with Crippen molar-refractivity contribution in [2.75, 3.05) is 39.5 Å². The van der Waals surface area contributed by atoms with Crippen molar-refractivity contribution in [3.8, 4) is 0 Å². The highest BCUT2D eigenvalue weighted by atomic mass is 16.5. The van der Waals surface area contributed by atoms with Gasteiger partial charge >= 0.3 is 0 Å². The van der Waals surface area contributed by atoms with Gasteiger partial charge in [0, 0.05) is 50.6 Å². The smallest absolute Gasteiger partial charge is 0.123 e. The van der Waals surface area contributed by atoms with Crippen LogP contribution in [0.1, 0.15) is 25.7 Å². The van der Waals surface area contributed by atoms with E-state index in [-0.39, 0.29) is 5.72 Å². The first-order valence-corrected chi connectivity index (χ1v) is 7.52. The van der Waals surface area contributed by atoms with Gasteiger partial charge in [0.15, 0.2) is 0 Å². The fraction of sp³-hybridized carbons (Fsp3) is 1.00. The molecule has 4 saturated heterocycles. The van der Waals surface area contributed by atoms with Gasteiger partial charge in [-0.25, -0.2) is 0 Å². The van der Waals surface area contributed by atoms with Gasteiger partial charge in [-0.2, -0.15) is 0 Å². The zero-order chi connectivity index (χ0) is 12.1. The fourth-order valence-electron chi connectivity index (χ4n) is 4.51. The van der Waals surface area contributed by atoms with E-state index in [4.69, 9.17) is 9.47 Å². The highest BCUT2D eigenvalue weighted by molar-refractivity contribution is 5.07. The Hall–Kier alpha value is -0.160. The summed E-state index contributed by atoms with van der Waals surface area (Å²) in [5, 5.41) is 7.08. The van der Waals surface area contributed by atoms with Crippen LogP contribution in [0.3, 0.4) is 0 Å². The molecule has 0 aromatic rings. The summed E-state index contributed by atoms with van der Waals surface area (Å²) in [6.45, 7) is 6.32. The van der Waals surface area contributed by atoms with Crippen molar-refractivity contribution in [1.29, 1.82) is 0 Å². The molecule has 0 amide bonds. The molecule has 0 saturated carbocycles. The molecule has 18 heavy (non-hydrogen) atoms. The van der Waals surface area contributed by atoms with Crippen LogP contribution in [0, 0.1) is 17.3 Å². The molecule has 4 aliphatic rings. The first-order valence-electron chi connectivity index (χ1n) is 7.52. The maximum atomic E-state index is 6.14. The zero-order valence-corrected chi connectivity index (χ0v) is 11.0. The van der Waals surface area contributed by atoms with Gasteiger partial charge < -0.3 is 14.8 Å². The molecule has 4 rings (SSSR count). The second kappa shape index (κ2) is 4.17. The number of nitrogens with one attached hydrogen (secondary N) is 2. The van der Waals surface area contributed by atoms with E-state index in [0.29, 0.717) is 17.3 Å². The van der Waals surface area contributed by atoms with Crippen molar-refractivity contribution in [1.82, 2.24) is 10.6 Å². The van der Waals surface area contributed by atoms with Gasteiger partial charge in [-0.15, -0.1) is 0 Å². The molecule has 3 atom stereocenters. The van der Waals surface area contributed by atoms with E-state index in [2.05, 4.69) is 10.6 Å². The standard InChI is InChI=1S/C14H24N2O2/c1-2-11(14(18-6-1)3-5-16-14)12-8-17-7-4-13(12)9-15-10-13/h11-12,15-16H,1-10H2. The Morgan fingerprint density at radius 2 is 1.94 bits per heavy atom. The summed E-state index contributed by atoms with van der Waals surface area (Å²) in [7, 11) is 0. The monoisotopic (exact) mass is 252 g/mol. The molecule has 0 bridgehead atoms. The van der Waals surface area contributed by atoms with Crippen LogP contribution < -0.4 is 10.6 Å². The fourth-order valence-corrected chi connectivity index (χ4v) is 4.51. The quantitative estimate of drug-likeness (QED) is 0.722. The Kier molecular flexibility index (Phi) is 2.70. The van der Waals surface area contributed by atoms with Gasteiger partial charge in [0.25, 0.3) is 0 Å². The Labute approximate surface area is 109 Å². The van der Waals surface area contributed by atoms with Crippen LogP contribution in [0.5, 0.6) is 0 Å². The summed E-state index contributed by atoms with van der Waals surface area (Å²) in [5.74, 6) is 1.34. The molecule has 4 nitrogen and oxygen atoms in total. The summed E-state index contributed by atoms with van der Waals surface area (Å²) in [6.07, 6.45) is 4.95. The first kappa shape index (κ1) is 11.6. The van der Waals surface area contributed by atoms with Gasteiger partial charge in [-0.05, 0) is 25.2 Å². The largest absolute Gasteiger partial charge is 0.381 e. The summed E-state index contributed by atoms with van der Waals surface area (Å²) in [4.78, 5) is 0. The van der Waals surface area contributed by atoms with Crippen molar-refractivity contribution in [3.05, 3.63) is 0 Å². The molecule has 4 heteroatoms. The molecule has 0 aliphatic carbocycles. The number of hydrogen-bond donors (Lipinski definition) is 2. The molecule has 2 spiro atoms. The number of rotatable bonds is 1. The van der Waals surface area contributed by atoms with E-state index in [1.54, 1.807) is 0 Å². The van der Waals surface area contributed by atoms with Gasteiger partial charge in [0.2, 0.25) is 0 Å². The van der Waals surface area contributed by atoms with E-state index < -0.39 is 0 Å². The summed E-state index contributed by atoms with van der Waals surface area (Å²) in [5.41, 5.74) is 0.514. The lowest BCUT2D eigenvalue weighted by molar-refractivity contribution is -0.225. The van der Waals surface area contributed by atoms with Crippen molar-refractivity contribution in [2.45, 2.75) is 31.4 Å². The van der Waals surface area contributed by atoms with Crippen LogP contribution in [0.2, 0.25) is 0 Å². The summed E-state index contributed by atoms with van der Waals surface area (Å²) < 4.78 is 12.0.